The van der Waals surface area contributed by atoms with Gasteiger partial charge in [-0.15, -0.1) is 0 Å². The summed E-state index contributed by atoms with van der Waals surface area (Å²) in [5, 5.41) is 2.72. The van der Waals surface area contributed by atoms with Crippen molar-refractivity contribution in [1.29, 1.82) is 0 Å². The van der Waals surface area contributed by atoms with Crippen LogP contribution in [0.3, 0.4) is 0 Å². The molecule has 5 nitrogen and oxygen atoms in total. The number of fused-ring (bicyclic) bond motifs is 1. The minimum absolute atomic E-state index is 0.222. The SMILES string of the molecule is COCCOc1cc(F)ccc1-c1ccc2c(c1)CNC2OC(=O)C(F)(F)F. The molecular weight excluding hydrogens is 382 g/mol. The minimum atomic E-state index is -5.06. The monoisotopic (exact) mass is 399 g/mol. The molecule has 2 aromatic carbocycles. The number of methoxy groups -OCH3 is 1. The molecule has 0 spiro atoms. The lowest BCUT2D eigenvalue weighted by atomic mass is 9.99. The molecule has 0 radical (unpaired) electrons. The van der Waals surface area contributed by atoms with Crippen LogP contribution in [0, 0.1) is 5.82 Å². The van der Waals surface area contributed by atoms with Crippen molar-refractivity contribution in [3.63, 3.8) is 0 Å². The Morgan fingerprint density at radius 2 is 1.96 bits per heavy atom. The average Bonchev–Trinajstić information content (AvgIpc) is 3.03. The van der Waals surface area contributed by atoms with Crippen LogP contribution in [0.1, 0.15) is 17.4 Å². The summed E-state index contributed by atoms with van der Waals surface area (Å²) < 4.78 is 65.8. The molecule has 1 atom stereocenters. The second-order valence-electron chi connectivity index (χ2n) is 6.06. The maximum Gasteiger partial charge on any atom is 0.490 e. The van der Waals surface area contributed by atoms with Gasteiger partial charge in [-0.05, 0) is 29.3 Å². The second-order valence-corrected chi connectivity index (χ2v) is 6.06. The molecule has 0 saturated heterocycles. The number of carbonyl (C=O) groups is 1. The van der Waals surface area contributed by atoms with Gasteiger partial charge in [0.2, 0.25) is 0 Å². The number of carbonyl (C=O) groups excluding carboxylic acids is 1. The first-order valence-corrected chi connectivity index (χ1v) is 8.35. The van der Waals surface area contributed by atoms with Gasteiger partial charge in [-0.3, -0.25) is 5.32 Å². The summed E-state index contributed by atoms with van der Waals surface area (Å²) in [6.45, 7) is 0.783. The fraction of sp³-hybridized carbons (Fsp3) is 0.316. The van der Waals surface area contributed by atoms with Crippen LogP contribution in [0.5, 0.6) is 5.75 Å². The van der Waals surface area contributed by atoms with Crippen molar-refractivity contribution in [2.45, 2.75) is 18.9 Å². The zero-order valence-corrected chi connectivity index (χ0v) is 14.8. The normalized spacial score (nSPS) is 16.0. The van der Waals surface area contributed by atoms with Gasteiger partial charge in [0.25, 0.3) is 0 Å². The molecule has 0 saturated carbocycles. The number of rotatable bonds is 6. The fourth-order valence-electron chi connectivity index (χ4n) is 2.86. The maximum atomic E-state index is 13.6. The van der Waals surface area contributed by atoms with E-state index in [0.29, 0.717) is 34.6 Å². The highest BCUT2D eigenvalue weighted by molar-refractivity contribution is 5.76. The van der Waals surface area contributed by atoms with Gasteiger partial charge in [0.05, 0.1) is 6.61 Å². The Balaban J connectivity index is 1.84. The Morgan fingerprint density at radius 1 is 1.18 bits per heavy atom. The summed E-state index contributed by atoms with van der Waals surface area (Å²) in [6.07, 6.45) is -6.24. The molecule has 1 unspecified atom stereocenters. The van der Waals surface area contributed by atoms with Crippen molar-refractivity contribution in [3.05, 3.63) is 53.3 Å². The molecule has 0 aromatic heterocycles. The Labute approximate surface area is 158 Å². The van der Waals surface area contributed by atoms with Crippen molar-refractivity contribution in [1.82, 2.24) is 5.32 Å². The van der Waals surface area contributed by atoms with Crippen LogP contribution in [0.2, 0.25) is 0 Å². The molecule has 28 heavy (non-hydrogen) atoms. The third kappa shape index (κ3) is 4.42. The highest BCUT2D eigenvalue weighted by Crippen LogP contribution is 2.36. The third-order valence-electron chi connectivity index (χ3n) is 4.16. The largest absolute Gasteiger partial charge is 0.490 e. The molecule has 1 heterocycles. The lowest BCUT2D eigenvalue weighted by Gasteiger charge is -2.15. The zero-order valence-electron chi connectivity index (χ0n) is 14.8. The lowest BCUT2D eigenvalue weighted by Crippen LogP contribution is -2.30. The molecule has 3 rings (SSSR count). The van der Waals surface area contributed by atoms with E-state index in [1.165, 1.54) is 19.2 Å². The lowest BCUT2D eigenvalue weighted by molar-refractivity contribution is -0.206. The standard InChI is InChI=1S/C19H17F4NO4/c1-26-6-7-27-16-9-13(20)3-5-14(16)11-2-4-15-12(8-11)10-24-17(15)28-18(25)19(21,22)23/h2-5,8-9,17,24H,6-7,10H2,1H3. The quantitative estimate of drug-likeness (QED) is 0.456. The molecule has 0 bridgehead atoms. The van der Waals surface area contributed by atoms with E-state index in [1.54, 1.807) is 24.3 Å². The Kier molecular flexibility index (Phi) is 5.85. The molecule has 150 valence electrons. The van der Waals surface area contributed by atoms with Crippen LogP contribution in [-0.4, -0.2) is 32.5 Å². The summed E-state index contributed by atoms with van der Waals surface area (Å²) >= 11 is 0. The van der Waals surface area contributed by atoms with Crippen LogP contribution in [0.25, 0.3) is 11.1 Å². The van der Waals surface area contributed by atoms with Gasteiger partial charge in [-0.1, -0.05) is 12.1 Å². The first kappa shape index (κ1) is 20.1. The van der Waals surface area contributed by atoms with Crippen molar-refractivity contribution >= 4 is 5.97 Å². The van der Waals surface area contributed by atoms with Gasteiger partial charge in [0.15, 0.2) is 6.23 Å². The van der Waals surface area contributed by atoms with Crippen LogP contribution in [0.4, 0.5) is 17.6 Å². The number of alkyl halides is 3. The van der Waals surface area contributed by atoms with Gasteiger partial charge >= 0.3 is 12.1 Å². The maximum absolute atomic E-state index is 13.6. The third-order valence-corrected chi connectivity index (χ3v) is 4.16. The number of esters is 1. The van der Waals surface area contributed by atoms with E-state index in [9.17, 15) is 22.4 Å². The number of benzene rings is 2. The highest BCUT2D eigenvalue weighted by atomic mass is 19.4. The molecule has 0 amide bonds. The summed E-state index contributed by atoms with van der Waals surface area (Å²) in [5.41, 5.74) is 2.42. The molecule has 9 heteroatoms. The van der Waals surface area contributed by atoms with Crippen LogP contribution in [0.15, 0.2) is 36.4 Å². The summed E-state index contributed by atoms with van der Waals surface area (Å²) in [7, 11) is 1.52. The van der Waals surface area contributed by atoms with E-state index in [-0.39, 0.29) is 13.2 Å². The van der Waals surface area contributed by atoms with Crippen molar-refractivity contribution < 1.29 is 36.6 Å². The van der Waals surface area contributed by atoms with Crippen LogP contribution in [-0.2, 0) is 20.8 Å². The van der Waals surface area contributed by atoms with E-state index in [2.05, 4.69) is 10.1 Å². The number of ether oxygens (including phenoxy) is 3. The molecule has 0 fully saturated rings. The fourth-order valence-corrected chi connectivity index (χ4v) is 2.86. The smallest absolute Gasteiger partial charge is 0.490 e. The van der Waals surface area contributed by atoms with Gasteiger partial charge in [-0.2, -0.15) is 13.2 Å². The predicted molar refractivity (Wildman–Crippen MR) is 90.9 cm³/mol. The molecular formula is C19H17F4NO4. The Hall–Kier alpha value is -2.65. The second kappa shape index (κ2) is 8.15. The Bertz CT molecular complexity index is 869. The van der Waals surface area contributed by atoms with Crippen LogP contribution < -0.4 is 10.1 Å². The Morgan fingerprint density at radius 3 is 2.68 bits per heavy atom. The molecule has 0 aliphatic carbocycles. The molecule has 1 N–H and O–H groups in total. The van der Waals surface area contributed by atoms with E-state index in [1.807, 2.05) is 0 Å². The topological polar surface area (TPSA) is 56.8 Å². The molecule has 1 aliphatic rings. The van der Waals surface area contributed by atoms with Gasteiger partial charge in [0, 0.05) is 30.8 Å². The van der Waals surface area contributed by atoms with E-state index >= 15 is 0 Å². The van der Waals surface area contributed by atoms with Gasteiger partial charge < -0.3 is 14.2 Å². The summed E-state index contributed by atoms with van der Waals surface area (Å²) in [6, 6.07) is 9.06. The van der Waals surface area contributed by atoms with Gasteiger partial charge in [0.1, 0.15) is 18.2 Å². The number of nitrogens with one attached hydrogen (secondary N) is 1. The minimum Gasteiger partial charge on any atom is -0.490 e. The molecule has 1 aliphatic heterocycles. The number of hydrogen-bond acceptors (Lipinski definition) is 5. The number of halogens is 4. The van der Waals surface area contributed by atoms with E-state index in [4.69, 9.17) is 9.47 Å². The predicted octanol–water partition coefficient (Wildman–Crippen LogP) is 3.73. The molecule has 2 aromatic rings. The van der Waals surface area contributed by atoms with Crippen LogP contribution >= 0.6 is 0 Å². The highest BCUT2D eigenvalue weighted by Gasteiger charge is 2.43. The number of hydrogen-bond donors (Lipinski definition) is 1. The van der Waals surface area contributed by atoms with Crippen molar-refractivity contribution in [2.75, 3.05) is 20.3 Å². The van der Waals surface area contributed by atoms with Gasteiger partial charge in [-0.25, -0.2) is 9.18 Å². The summed E-state index contributed by atoms with van der Waals surface area (Å²) in [4.78, 5) is 11.1. The zero-order chi connectivity index (χ0) is 20.3. The van der Waals surface area contributed by atoms with E-state index < -0.39 is 24.2 Å². The van der Waals surface area contributed by atoms with Crippen molar-refractivity contribution in [3.8, 4) is 16.9 Å². The van der Waals surface area contributed by atoms with E-state index in [0.717, 1.165) is 0 Å². The summed E-state index contributed by atoms with van der Waals surface area (Å²) in [5.74, 6) is -2.39. The first-order chi connectivity index (χ1) is 13.3. The first-order valence-electron chi connectivity index (χ1n) is 8.35. The average molecular weight is 399 g/mol. The van der Waals surface area contributed by atoms with Crippen molar-refractivity contribution in [2.24, 2.45) is 0 Å².